The number of rotatable bonds is 7. The molecule has 0 fully saturated rings. The standard InChI is InChI=1S/C19H23BrN2O2/c1-4-22(5-2)16-9-7-15(8-10-16)21-19(23)13-24-18-11-6-14(3)12-17(18)20/h6-12H,4-5,13H2,1-3H3,(H,21,23). The number of hydrogen-bond donors (Lipinski definition) is 1. The SMILES string of the molecule is CCN(CC)c1ccc(NC(=O)COc2ccc(C)cc2Br)cc1. The molecule has 0 heterocycles. The Labute approximate surface area is 151 Å². The van der Waals surface area contributed by atoms with Crippen molar-refractivity contribution in [3.8, 4) is 5.75 Å². The van der Waals surface area contributed by atoms with Gasteiger partial charge >= 0.3 is 0 Å². The van der Waals surface area contributed by atoms with E-state index in [0.29, 0.717) is 5.75 Å². The van der Waals surface area contributed by atoms with Gasteiger partial charge in [0.1, 0.15) is 5.75 Å². The fraction of sp³-hybridized carbons (Fsp3) is 0.316. The van der Waals surface area contributed by atoms with Gasteiger partial charge in [-0.15, -0.1) is 0 Å². The highest BCUT2D eigenvalue weighted by molar-refractivity contribution is 9.10. The van der Waals surface area contributed by atoms with Gasteiger partial charge in [0.15, 0.2) is 6.61 Å². The summed E-state index contributed by atoms with van der Waals surface area (Å²) in [7, 11) is 0. The van der Waals surface area contributed by atoms with E-state index in [0.717, 1.165) is 34.5 Å². The number of carbonyl (C=O) groups excluding carboxylic acids is 1. The monoisotopic (exact) mass is 390 g/mol. The topological polar surface area (TPSA) is 41.6 Å². The third kappa shape index (κ3) is 4.99. The normalized spacial score (nSPS) is 10.3. The molecule has 0 aromatic heterocycles. The van der Waals surface area contributed by atoms with Crippen LogP contribution in [0.5, 0.6) is 5.75 Å². The smallest absolute Gasteiger partial charge is 0.262 e. The summed E-state index contributed by atoms with van der Waals surface area (Å²) in [5.74, 6) is 0.477. The van der Waals surface area contributed by atoms with Crippen LogP contribution in [0.2, 0.25) is 0 Å². The van der Waals surface area contributed by atoms with E-state index in [1.165, 1.54) is 0 Å². The maximum Gasteiger partial charge on any atom is 0.262 e. The molecule has 4 nitrogen and oxygen atoms in total. The van der Waals surface area contributed by atoms with Crippen molar-refractivity contribution in [1.29, 1.82) is 0 Å². The highest BCUT2D eigenvalue weighted by atomic mass is 79.9. The molecule has 0 unspecified atom stereocenters. The first-order valence-corrected chi connectivity index (χ1v) is 8.86. The number of nitrogens with zero attached hydrogens (tertiary/aromatic N) is 1. The molecule has 128 valence electrons. The van der Waals surface area contributed by atoms with Gasteiger partial charge in [-0.05, 0) is 78.7 Å². The van der Waals surface area contributed by atoms with Crippen molar-refractivity contribution in [2.45, 2.75) is 20.8 Å². The molecule has 2 aromatic carbocycles. The Morgan fingerprint density at radius 2 is 1.79 bits per heavy atom. The number of aryl methyl sites for hydroxylation is 1. The van der Waals surface area contributed by atoms with Crippen LogP contribution in [0.4, 0.5) is 11.4 Å². The van der Waals surface area contributed by atoms with E-state index in [-0.39, 0.29) is 12.5 Å². The first-order valence-electron chi connectivity index (χ1n) is 8.07. The lowest BCUT2D eigenvalue weighted by molar-refractivity contribution is -0.118. The molecule has 1 N–H and O–H groups in total. The zero-order valence-corrected chi connectivity index (χ0v) is 15.9. The summed E-state index contributed by atoms with van der Waals surface area (Å²) in [6.07, 6.45) is 0. The maximum absolute atomic E-state index is 12.0. The Morgan fingerprint density at radius 3 is 2.38 bits per heavy atom. The summed E-state index contributed by atoms with van der Waals surface area (Å²) in [6, 6.07) is 13.6. The van der Waals surface area contributed by atoms with Crippen LogP contribution in [-0.2, 0) is 4.79 Å². The van der Waals surface area contributed by atoms with Crippen LogP contribution < -0.4 is 15.0 Å². The molecule has 0 radical (unpaired) electrons. The third-order valence-electron chi connectivity index (χ3n) is 3.73. The lowest BCUT2D eigenvalue weighted by Crippen LogP contribution is -2.22. The molecule has 0 aliphatic rings. The highest BCUT2D eigenvalue weighted by Crippen LogP contribution is 2.25. The van der Waals surface area contributed by atoms with Crippen molar-refractivity contribution in [1.82, 2.24) is 0 Å². The van der Waals surface area contributed by atoms with E-state index in [4.69, 9.17) is 4.74 Å². The second-order valence-corrected chi connectivity index (χ2v) is 6.34. The Bertz CT molecular complexity index is 682. The fourth-order valence-corrected chi connectivity index (χ4v) is 3.02. The molecular formula is C19H23BrN2O2. The van der Waals surface area contributed by atoms with Crippen molar-refractivity contribution >= 4 is 33.2 Å². The van der Waals surface area contributed by atoms with Crippen LogP contribution >= 0.6 is 15.9 Å². The van der Waals surface area contributed by atoms with Gasteiger partial charge in [-0.3, -0.25) is 4.79 Å². The van der Waals surface area contributed by atoms with Crippen molar-refractivity contribution < 1.29 is 9.53 Å². The second kappa shape index (κ2) is 8.73. The van der Waals surface area contributed by atoms with Gasteiger partial charge in [0.05, 0.1) is 4.47 Å². The molecule has 0 saturated carbocycles. The Hall–Kier alpha value is -2.01. The summed E-state index contributed by atoms with van der Waals surface area (Å²) in [5, 5.41) is 2.85. The minimum atomic E-state index is -0.182. The van der Waals surface area contributed by atoms with Gasteiger partial charge in [0, 0.05) is 24.5 Å². The van der Waals surface area contributed by atoms with E-state index < -0.39 is 0 Å². The van der Waals surface area contributed by atoms with Gasteiger partial charge in [-0.1, -0.05) is 6.07 Å². The van der Waals surface area contributed by atoms with E-state index in [1.807, 2.05) is 49.4 Å². The van der Waals surface area contributed by atoms with E-state index in [2.05, 4.69) is 40.0 Å². The van der Waals surface area contributed by atoms with E-state index in [1.54, 1.807) is 0 Å². The fourth-order valence-electron chi connectivity index (χ4n) is 2.41. The van der Waals surface area contributed by atoms with Crippen LogP contribution in [0, 0.1) is 6.92 Å². The third-order valence-corrected chi connectivity index (χ3v) is 4.35. The number of hydrogen-bond acceptors (Lipinski definition) is 3. The van der Waals surface area contributed by atoms with Crippen molar-refractivity contribution in [3.05, 3.63) is 52.5 Å². The number of nitrogens with one attached hydrogen (secondary N) is 1. The lowest BCUT2D eigenvalue weighted by atomic mass is 10.2. The Morgan fingerprint density at radius 1 is 1.12 bits per heavy atom. The number of benzene rings is 2. The minimum Gasteiger partial charge on any atom is -0.483 e. The molecule has 2 rings (SSSR count). The van der Waals surface area contributed by atoms with E-state index in [9.17, 15) is 4.79 Å². The minimum absolute atomic E-state index is 0.0283. The summed E-state index contributed by atoms with van der Waals surface area (Å²) >= 11 is 3.44. The molecular weight excluding hydrogens is 368 g/mol. The number of halogens is 1. The van der Waals surface area contributed by atoms with Gasteiger partial charge < -0.3 is 15.0 Å². The molecule has 0 spiro atoms. The summed E-state index contributed by atoms with van der Waals surface area (Å²) in [4.78, 5) is 14.3. The Balaban J connectivity index is 1.90. The summed E-state index contributed by atoms with van der Waals surface area (Å²) in [6.45, 7) is 8.14. The zero-order chi connectivity index (χ0) is 17.5. The molecule has 1 amide bonds. The zero-order valence-electron chi connectivity index (χ0n) is 14.3. The number of anilines is 2. The molecule has 5 heteroatoms. The van der Waals surface area contributed by atoms with Gasteiger partial charge in [-0.25, -0.2) is 0 Å². The van der Waals surface area contributed by atoms with E-state index >= 15 is 0 Å². The number of ether oxygens (including phenoxy) is 1. The maximum atomic E-state index is 12.0. The first-order chi connectivity index (χ1) is 11.5. The number of amides is 1. The lowest BCUT2D eigenvalue weighted by Gasteiger charge is -2.21. The predicted octanol–water partition coefficient (Wildman–Crippen LogP) is 4.62. The molecule has 0 aliphatic carbocycles. The van der Waals surface area contributed by atoms with Gasteiger partial charge in [0.2, 0.25) is 0 Å². The second-order valence-electron chi connectivity index (χ2n) is 5.49. The highest BCUT2D eigenvalue weighted by Gasteiger charge is 2.07. The molecule has 0 atom stereocenters. The van der Waals surface area contributed by atoms with Crippen LogP contribution in [0.3, 0.4) is 0 Å². The van der Waals surface area contributed by atoms with Crippen molar-refractivity contribution in [2.24, 2.45) is 0 Å². The molecule has 0 bridgehead atoms. The quantitative estimate of drug-likeness (QED) is 0.749. The van der Waals surface area contributed by atoms with Gasteiger partial charge in [-0.2, -0.15) is 0 Å². The predicted molar refractivity (Wildman–Crippen MR) is 103 cm³/mol. The number of carbonyl (C=O) groups is 1. The van der Waals surface area contributed by atoms with Crippen molar-refractivity contribution in [2.75, 3.05) is 29.9 Å². The van der Waals surface area contributed by atoms with Crippen LogP contribution in [-0.4, -0.2) is 25.6 Å². The molecule has 2 aromatic rings. The van der Waals surface area contributed by atoms with Gasteiger partial charge in [0.25, 0.3) is 5.91 Å². The van der Waals surface area contributed by atoms with Crippen LogP contribution in [0.25, 0.3) is 0 Å². The molecule has 0 saturated heterocycles. The summed E-state index contributed by atoms with van der Waals surface area (Å²) < 4.78 is 6.40. The first kappa shape index (κ1) is 18.3. The van der Waals surface area contributed by atoms with Crippen LogP contribution in [0.1, 0.15) is 19.4 Å². The molecule has 0 aliphatic heterocycles. The average molecular weight is 391 g/mol. The molecule has 24 heavy (non-hydrogen) atoms. The average Bonchev–Trinajstić information content (AvgIpc) is 2.56. The van der Waals surface area contributed by atoms with Crippen LogP contribution in [0.15, 0.2) is 46.9 Å². The van der Waals surface area contributed by atoms with Crippen molar-refractivity contribution in [3.63, 3.8) is 0 Å². The summed E-state index contributed by atoms with van der Waals surface area (Å²) in [5.41, 5.74) is 3.05. The Kier molecular flexibility index (Phi) is 6.67. The largest absolute Gasteiger partial charge is 0.483 e.